The number of hydrogen-bond acceptors (Lipinski definition) is 4. The molecule has 0 bridgehead atoms. The topological polar surface area (TPSA) is 101 Å². The van der Waals surface area contributed by atoms with Gasteiger partial charge in [0.15, 0.2) is 21.5 Å². The largest absolute Gasteiger partial charge is 0.478 e. The van der Waals surface area contributed by atoms with E-state index in [1.165, 1.54) is 0 Å². The van der Waals surface area contributed by atoms with Crippen molar-refractivity contribution in [3.8, 4) is 0 Å². The Morgan fingerprint density at radius 2 is 1.86 bits per heavy atom. The van der Waals surface area contributed by atoms with Gasteiger partial charge in [-0.2, -0.15) is 0 Å². The number of sulfone groups is 1. The van der Waals surface area contributed by atoms with Gasteiger partial charge in [-0.3, -0.25) is 4.79 Å². The monoisotopic (exact) mass is 321 g/mol. The van der Waals surface area contributed by atoms with Crippen LogP contribution in [0.1, 0.15) is 24.2 Å². The molecular formula is C12H13F2NO5S. The van der Waals surface area contributed by atoms with Gasteiger partial charge < -0.3 is 10.4 Å². The minimum absolute atomic E-state index is 0.334. The molecule has 0 aliphatic carbocycles. The molecule has 21 heavy (non-hydrogen) atoms. The summed E-state index contributed by atoms with van der Waals surface area (Å²) in [5, 5.41) is 11.0. The Balaban J connectivity index is 3.25. The van der Waals surface area contributed by atoms with Crippen LogP contribution < -0.4 is 5.32 Å². The van der Waals surface area contributed by atoms with Crippen LogP contribution in [0.2, 0.25) is 0 Å². The van der Waals surface area contributed by atoms with Crippen LogP contribution in [0.3, 0.4) is 0 Å². The zero-order valence-corrected chi connectivity index (χ0v) is 12.0. The highest BCUT2D eigenvalue weighted by molar-refractivity contribution is 7.92. The first kappa shape index (κ1) is 17.0. The number of nitrogens with one attached hydrogen (secondary N) is 1. The molecule has 2 N–H and O–H groups in total. The smallest absolute Gasteiger partial charge is 0.335 e. The van der Waals surface area contributed by atoms with Crippen LogP contribution in [-0.2, 0) is 14.6 Å². The number of halogens is 2. The Hall–Kier alpha value is -2.03. The van der Waals surface area contributed by atoms with E-state index < -0.39 is 49.6 Å². The number of aromatic carboxylic acids is 1. The molecule has 0 atom stereocenters. The Morgan fingerprint density at radius 1 is 1.29 bits per heavy atom. The number of carboxylic acids is 1. The predicted octanol–water partition coefficient (Wildman–Crippen LogP) is 0.961. The van der Waals surface area contributed by atoms with E-state index in [0.29, 0.717) is 12.1 Å². The van der Waals surface area contributed by atoms with Crippen molar-refractivity contribution in [2.45, 2.75) is 24.8 Å². The summed E-state index contributed by atoms with van der Waals surface area (Å²) in [6, 6.07) is 0.517. The minimum Gasteiger partial charge on any atom is -0.478 e. The van der Waals surface area contributed by atoms with Crippen molar-refractivity contribution < 1.29 is 31.9 Å². The van der Waals surface area contributed by atoms with Crippen molar-refractivity contribution in [2.75, 3.05) is 5.75 Å². The number of amides is 1. The predicted molar refractivity (Wildman–Crippen MR) is 68.6 cm³/mol. The third-order valence-corrected chi connectivity index (χ3v) is 3.96. The average molecular weight is 321 g/mol. The summed E-state index contributed by atoms with van der Waals surface area (Å²) in [6.07, 6.45) is 0. The molecule has 0 fully saturated rings. The molecule has 0 unspecified atom stereocenters. The van der Waals surface area contributed by atoms with Crippen molar-refractivity contribution in [3.05, 3.63) is 29.3 Å². The normalized spacial score (nSPS) is 11.5. The summed E-state index contributed by atoms with van der Waals surface area (Å²) in [4.78, 5) is 21.0. The maximum absolute atomic E-state index is 13.6. The third kappa shape index (κ3) is 4.22. The molecule has 1 aromatic carbocycles. The molecule has 1 rings (SSSR count). The second kappa shape index (κ2) is 6.17. The number of carboxylic acid groups (broad SMARTS) is 1. The number of carbonyl (C=O) groups excluding carboxylic acids is 1. The van der Waals surface area contributed by atoms with Crippen molar-refractivity contribution in [1.82, 2.24) is 5.32 Å². The first-order valence-electron chi connectivity index (χ1n) is 5.79. The van der Waals surface area contributed by atoms with Crippen LogP contribution in [0.5, 0.6) is 0 Å². The van der Waals surface area contributed by atoms with Crippen LogP contribution >= 0.6 is 0 Å². The van der Waals surface area contributed by atoms with Gasteiger partial charge in [0.25, 0.3) is 0 Å². The van der Waals surface area contributed by atoms with Crippen molar-refractivity contribution >= 4 is 21.7 Å². The molecule has 0 aliphatic rings. The fraction of sp³-hybridized carbons (Fsp3) is 0.333. The van der Waals surface area contributed by atoms with Crippen LogP contribution in [0, 0.1) is 11.6 Å². The molecule has 0 saturated carbocycles. The number of rotatable bonds is 5. The van der Waals surface area contributed by atoms with E-state index in [2.05, 4.69) is 5.32 Å². The molecule has 0 aliphatic heterocycles. The molecule has 6 nitrogen and oxygen atoms in total. The summed E-state index contributed by atoms with van der Waals surface area (Å²) in [5.74, 6) is -6.94. The fourth-order valence-electron chi connectivity index (χ4n) is 1.53. The third-order valence-electron chi connectivity index (χ3n) is 2.35. The lowest BCUT2D eigenvalue weighted by Gasteiger charge is -2.10. The number of carbonyl (C=O) groups is 2. The molecular weight excluding hydrogens is 308 g/mol. The summed E-state index contributed by atoms with van der Waals surface area (Å²) >= 11 is 0. The van der Waals surface area contributed by atoms with Gasteiger partial charge >= 0.3 is 5.97 Å². The Bertz CT molecular complexity index is 685. The lowest BCUT2D eigenvalue weighted by Crippen LogP contribution is -2.35. The van der Waals surface area contributed by atoms with E-state index in [1.807, 2.05) is 0 Å². The zero-order valence-electron chi connectivity index (χ0n) is 11.2. The highest BCUT2D eigenvalue weighted by Crippen LogP contribution is 2.21. The highest BCUT2D eigenvalue weighted by Gasteiger charge is 2.27. The van der Waals surface area contributed by atoms with E-state index in [9.17, 15) is 26.8 Å². The standard InChI is InChI=1S/C12H13F2NO5S/c1-6(2)15-10(16)5-21(19,20)9-4-7(12(17)18)3-8(13)11(9)14/h3-4,6H,5H2,1-2H3,(H,15,16)(H,17,18). The highest BCUT2D eigenvalue weighted by atomic mass is 32.2. The van der Waals surface area contributed by atoms with E-state index >= 15 is 0 Å². The van der Waals surface area contributed by atoms with Crippen LogP contribution in [0.15, 0.2) is 17.0 Å². The lowest BCUT2D eigenvalue weighted by atomic mass is 10.2. The van der Waals surface area contributed by atoms with Crippen LogP contribution in [0.25, 0.3) is 0 Å². The minimum atomic E-state index is -4.50. The van der Waals surface area contributed by atoms with Crippen LogP contribution in [0.4, 0.5) is 8.78 Å². The Labute approximate surface area is 119 Å². The van der Waals surface area contributed by atoms with Gasteiger partial charge in [-0.15, -0.1) is 0 Å². The van der Waals surface area contributed by atoms with Crippen molar-refractivity contribution in [3.63, 3.8) is 0 Å². The van der Waals surface area contributed by atoms with E-state index in [-0.39, 0.29) is 6.04 Å². The molecule has 0 spiro atoms. The van der Waals surface area contributed by atoms with E-state index in [1.54, 1.807) is 13.8 Å². The van der Waals surface area contributed by atoms with Crippen molar-refractivity contribution in [1.29, 1.82) is 0 Å². The van der Waals surface area contributed by atoms with Crippen LogP contribution in [-0.4, -0.2) is 37.2 Å². The van der Waals surface area contributed by atoms with Gasteiger partial charge in [-0.05, 0) is 26.0 Å². The summed E-state index contributed by atoms with van der Waals surface area (Å²) in [7, 11) is -4.50. The molecule has 116 valence electrons. The average Bonchev–Trinajstić information content (AvgIpc) is 2.29. The van der Waals surface area contributed by atoms with Gasteiger partial charge in [0.2, 0.25) is 5.91 Å². The quantitative estimate of drug-likeness (QED) is 0.841. The van der Waals surface area contributed by atoms with Gasteiger partial charge in [-0.25, -0.2) is 22.0 Å². The molecule has 9 heteroatoms. The van der Waals surface area contributed by atoms with E-state index in [4.69, 9.17) is 5.11 Å². The number of hydrogen-bond donors (Lipinski definition) is 2. The van der Waals surface area contributed by atoms with Gasteiger partial charge in [0.1, 0.15) is 10.6 Å². The van der Waals surface area contributed by atoms with Crippen molar-refractivity contribution in [2.24, 2.45) is 0 Å². The molecule has 0 aromatic heterocycles. The van der Waals surface area contributed by atoms with Gasteiger partial charge in [-0.1, -0.05) is 0 Å². The summed E-state index contributed by atoms with van der Waals surface area (Å²) in [5.41, 5.74) is -0.725. The second-order valence-corrected chi connectivity index (χ2v) is 6.51. The second-order valence-electron chi connectivity index (χ2n) is 4.56. The zero-order chi connectivity index (χ0) is 16.4. The fourth-order valence-corrected chi connectivity index (χ4v) is 2.79. The first-order valence-corrected chi connectivity index (χ1v) is 7.44. The Morgan fingerprint density at radius 3 is 2.33 bits per heavy atom. The maximum Gasteiger partial charge on any atom is 0.335 e. The molecule has 0 heterocycles. The maximum atomic E-state index is 13.6. The summed E-state index contributed by atoms with van der Waals surface area (Å²) in [6.45, 7) is 3.19. The van der Waals surface area contributed by atoms with Gasteiger partial charge in [0, 0.05) is 6.04 Å². The lowest BCUT2D eigenvalue weighted by molar-refractivity contribution is -0.119. The molecule has 1 amide bonds. The SMILES string of the molecule is CC(C)NC(=O)CS(=O)(=O)c1cc(C(=O)O)cc(F)c1F. The molecule has 0 saturated heterocycles. The van der Waals surface area contributed by atoms with Gasteiger partial charge in [0.05, 0.1) is 5.56 Å². The Kier molecular flexibility index (Phi) is 5.00. The number of benzene rings is 1. The first-order chi connectivity index (χ1) is 9.54. The van der Waals surface area contributed by atoms with E-state index in [0.717, 1.165) is 0 Å². The molecule has 1 aromatic rings. The molecule has 0 radical (unpaired) electrons. The summed E-state index contributed by atoms with van der Waals surface area (Å²) < 4.78 is 50.7.